The van der Waals surface area contributed by atoms with E-state index in [0.29, 0.717) is 29.0 Å². The molecule has 2 aromatic carbocycles. The van der Waals surface area contributed by atoms with E-state index in [4.69, 9.17) is 4.74 Å². The number of carboxylic acid groups (broad SMARTS) is 2. The Morgan fingerprint density at radius 1 is 1.03 bits per heavy atom. The molecule has 4 aromatic rings. The molecule has 4 rings (SSSR count). The van der Waals surface area contributed by atoms with Crippen molar-refractivity contribution >= 4 is 23.1 Å². The summed E-state index contributed by atoms with van der Waals surface area (Å²) in [5, 5.41) is 28.4. The number of aromatic amines is 2. The van der Waals surface area contributed by atoms with Crippen molar-refractivity contribution in [2.45, 2.75) is 6.92 Å². The maximum absolute atomic E-state index is 12.2. The minimum Gasteiger partial charge on any atom is -0.493 e. The number of fused-ring (bicyclic) bond motifs is 1. The molecule has 0 spiro atoms. The minimum absolute atomic E-state index is 0.0741. The number of nitrogens with zero attached hydrogens (tertiary/aromatic N) is 3. The summed E-state index contributed by atoms with van der Waals surface area (Å²) >= 11 is 0. The Morgan fingerprint density at radius 3 is 2.39 bits per heavy atom. The minimum atomic E-state index is -1.24. The largest absolute Gasteiger partial charge is 0.493 e. The molecule has 0 amide bonds. The van der Waals surface area contributed by atoms with Crippen LogP contribution in [0.15, 0.2) is 41.2 Å². The van der Waals surface area contributed by atoms with E-state index in [0.717, 1.165) is 6.07 Å². The third-order valence-corrected chi connectivity index (χ3v) is 4.50. The van der Waals surface area contributed by atoms with Gasteiger partial charge in [0.2, 0.25) is 0 Å². The summed E-state index contributed by atoms with van der Waals surface area (Å²) in [6.07, 6.45) is 0. The number of aromatic nitrogens is 5. The Labute approximate surface area is 173 Å². The van der Waals surface area contributed by atoms with Gasteiger partial charge in [0, 0.05) is 0 Å². The molecule has 0 aliphatic rings. The van der Waals surface area contributed by atoms with Crippen molar-refractivity contribution < 1.29 is 24.5 Å². The fourth-order valence-corrected chi connectivity index (χ4v) is 3.10. The van der Waals surface area contributed by atoms with Gasteiger partial charge in [-0.15, -0.1) is 5.10 Å². The van der Waals surface area contributed by atoms with Crippen LogP contribution in [0.1, 0.15) is 27.6 Å². The predicted molar refractivity (Wildman–Crippen MR) is 108 cm³/mol. The molecule has 31 heavy (non-hydrogen) atoms. The summed E-state index contributed by atoms with van der Waals surface area (Å²) < 4.78 is 5.71. The molecular weight excluding hydrogens is 406 g/mol. The highest BCUT2D eigenvalue weighted by atomic mass is 16.5. The first-order valence-corrected chi connectivity index (χ1v) is 9.07. The first-order chi connectivity index (χ1) is 14.9. The van der Waals surface area contributed by atoms with Gasteiger partial charge in [-0.3, -0.25) is 4.79 Å². The number of hydrogen-bond donors (Lipinski definition) is 4. The molecule has 0 atom stereocenters. The highest BCUT2D eigenvalue weighted by Gasteiger charge is 2.16. The van der Waals surface area contributed by atoms with Crippen LogP contribution in [-0.2, 0) is 0 Å². The average Bonchev–Trinajstić information content (AvgIpc) is 3.23. The van der Waals surface area contributed by atoms with Crippen molar-refractivity contribution in [1.29, 1.82) is 0 Å². The molecule has 0 saturated carbocycles. The molecule has 2 heterocycles. The van der Waals surface area contributed by atoms with E-state index in [1.54, 1.807) is 25.1 Å². The SMILES string of the molecule is CCOc1cc(-c2cc(C(=O)O)cc(C(=O)O)c2)ccc1-c1nc2[nH]nnc2c(=O)[nH]1. The molecule has 0 aliphatic carbocycles. The predicted octanol–water partition coefficient (Wildman–Crippen LogP) is 2.17. The molecule has 0 bridgehead atoms. The highest BCUT2D eigenvalue weighted by molar-refractivity contribution is 5.96. The number of aromatic carboxylic acids is 2. The fraction of sp³-hybridized carbons (Fsp3) is 0.100. The molecule has 4 N–H and O–H groups in total. The van der Waals surface area contributed by atoms with E-state index in [-0.39, 0.29) is 28.1 Å². The quantitative estimate of drug-likeness (QED) is 0.364. The standard InChI is InChI=1S/C20H15N5O6/c1-2-31-14-8-9(10-5-11(19(27)28)7-12(6-10)20(29)30)3-4-13(14)16-21-17-15(18(26)22-16)23-25-24-17/h3-8H,2H2,1H3,(H,27,28)(H,29,30)(H2,21,22,23,24,25,26). The topological polar surface area (TPSA) is 171 Å². The van der Waals surface area contributed by atoms with Gasteiger partial charge in [-0.25, -0.2) is 19.7 Å². The number of ether oxygens (including phenoxy) is 1. The van der Waals surface area contributed by atoms with Gasteiger partial charge >= 0.3 is 11.9 Å². The second-order valence-electron chi connectivity index (χ2n) is 6.48. The zero-order valence-electron chi connectivity index (χ0n) is 16.0. The van der Waals surface area contributed by atoms with Gasteiger partial charge in [0.1, 0.15) is 11.6 Å². The molecule has 0 fully saturated rings. The molecule has 2 aromatic heterocycles. The van der Waals surface area contributed by atoms with Crippen LogP contribution in [0.25, 0.3) is 33.7 Å². The normalized spacial score (nSPS) is 10.9. The summed E-state index contributed by atoms with van der Waals surface area (Å²) in [4.78, 5) is 42.0. The van der Waals surface area contributed by atoms with E-state index < -0.39 is 17.5 Å². The number of H-pyrrole nitrogens is 2. The number of benzene rings is 2. The van der Waals surface area contributed by atoms with Crippen LogP contribution in [0.2, 0.25) is 0 Å². The van der Waals surface area contributed by atoms with Crippen LogP contribution in [0.3, 0.4) is 0 Å². The lowest BCUT2D eigenvalue weighted by molar-refractivity contribution is 0.0696. The number of hydrogen-bond acceptors (Lipinski definition) is 7. The third-order valence-electron chi connectivity index (χ3n) is 4.50. The third kappa shape index (κ3) is 3.71. The van der Waals surface area contributed by atoms with Gasteiger partial charge in [-0.05, 0) is 48.4 Å². The first-order valence-electron chi connectivity index (χ1n) is 9.07. The smallest absolute Gasteiger partial charge is 0.335 e. The summed E-state index contributed by atoms with van der Waals surface area (Å²) in [6, 6.07) is 8.76. The van der Waals surface area contributed by atoms with Gasteiger partial charge in [0.05, 0.1) is 23.3 Å². The average molecular weight is 421 g/mol. The van der Waals surface area contributed by atoms with Crippen LogP contribution in [0, 0.1) is 0 Å². The lowest BCUT2D eigenvalue weighted by atomic mass is 9.98. The summed E-state index contributed by atoms with van der Waals surface area (Å²) in [5.41, 5.74) is 0.910. The van der Waals surface area contributed by atoms with Crippen LogP contribution < -0.4 is 10.3 Å². The molecule has 0 unspecified atom stereocenters. The Bertz CT molecular complexity index is 1360. The molecule has 156 valence electrons. The number of nitrogens with one attached hydrogen (secondary N) is 2. The van der Waals surface area contributed by atoms with Gasteiger partial charge in [0.15, 0.2) is 11.2 Å². The Hall–Kier alpha value is -4.54. The molecule has 11 heteroatoms. The Morgan fingerprint density at radius 2 is 1.74 bits per heavy atom. The van der Waals surface area contributed by atoms with E-state index in [9.17, 15) is 24.6 Å². The van der Waals surface area contributed by atoms with E-state index >= 15 is 0 Å². The first kappa shape index (κ1) is 19.8. The van der Waals surface area contributed by atoms with Crippen molar-refractivity contribution in [2.75, 3.05) is 6.61 Å². The monoisotopic (exact) mass is 421 g/mol. The molecule has 0 saturated heterocycles. The van der Waals surface area contributed by atoms with Gasteiger partial charge in [-0.1, -0.05) is 11.3 Å². The Kier molecular flexibility index (Phi) is 4.91. The zero-order chi connectivity index (χ0) is 22.1. The van der Waals surface area contributed by atoms with Crippen molar-refractivity contribution in [3.05, 3.63) is 57.9 Å². The van der Waals surface area contributed by atoms with Crippen LogP contribution >= 0.6 is 0 Å². The maximum Gasteiger partial charge on any atom is 0.335 e. The molecule has 11 nitrogen and oxygen atoms in total. The second kappa shape index (κ2) is 7.71. The van der Waals surface area contributed by atoms with Crippen LogP contribution in [-0.4, -0.2) is 54.1 Å². The van der Waals surface area contributed by atoms with E-state index in [1.807, 2.05) is 0 Å². The van der Waals surface area contributed by atoms with Gasteiger partial charge in [-0.2, -0.15) is 0 Å². The van der Waals surface area contributed by atoms with E-state index in [2.05, 4.69) is 25.4 Å². The molecule has 0 radical (unpaired) electrons. The van der Waals surface area contributed by atoms with Crippen molar-refractivity contribution in [1.82, 2.24) is 25.4 Å². The number of carboxylic acids is 2. The number of rotatable bonds is 6. The van der Waals surface area contributed by atoms with Crippen LogP contribution in [0.4, 0.5) is 0 Å². The summed E-state index contributed by atoms with van der Waals surface area (Å²) in [7, 11) is 0. The zero-order valence-corrected chi connectivity index (χ0v) is 16.0. The Balaban J connectivity index is 1.87. The van der Waals surface area contributed by atoms with Crippen LogP contribution in [0.5, 0.6) is 5.75 Å². The van der Waals surface area contributed by atoms with Gasteiger partial charge in [0.25, 0.3) is 5.56 Å². The van der Waals surface area contributed by atoms with Gasteiger partial charge < -0.3 is 19.9 Å². The maximum atomic E-state index is 12.2. The molecular formula is C20H15N5O6. The highest BCUT2D eigenvalue weighted by Crippen LogP contribution is 2.33. The van der Waals surface area contributed by atoms with Crippen molar-refractivity contribution in [3.8, 4) is 28.3 Å². The van der Waals surface area contributed by atoms with Crippen molar-refractivity contribution in [2.24, 2.45) is 0 Å². The summed E-state index contributed by atoms with van der Waals surface area (Å²) in [5.74, 6) is -1.89. The lowest BCUT2D eigenvalue weighted by Crippen LogP contribution is -2.10. The lowest BCUT2D eigenvalue weighted by Gasteiger charge is -2.13. The summed E-state index contributed by atoms with van der Waals surface area (Å²) in [6.45, 7) is 2.09. The van der Waals surface area contributed by atoms with E-state index in [1.165, 1.54) is 12.1 Å². The fourth-order valence-electron chi connectivity index (χ4n) is 3.10. The van der Waals surface area contributed by atoms with Crippen molar-refractivity contribution in [3.63, 3.8) is 0 Å². The second-order valence-corrected chi connectivity index (χ2v) is 6.48. The molecule has 0 aliphatic heterocycles. The number of carbonyl (C=O) groups is 2.